The molecule has 2 aromatic rings. The summed E-state index contributed by atoms with van der Waals surface area (Å²) in [4.78, 5) is 3.84. The molecule has 0 amide bonds. The van der Waals surface area contributed by atoms with Crippen molar-refractivity contribution in [1.82, 2.24) is 4.98 Å². The molecule has 1 heterocycles. The van der Waals surface area contributed by atoms with E-state index in [-0.39, 0.29) is 17.3 Å². The van der Waals surface area contributed by atoms with Crippen LogP contribution in [0.1, 0.15) is 11.1 Å². The van der Waals surface area contributed by atoms with Crippen LogP contribution in [0.3, 0.4) is 0 Å². The number of alkyl halides is 3. The Balaban J connectivity index is 2.25. The van der Waals surface area contributed by atoms with E-state index in [9.17, 15) is 13.2 Å². The van der Waals surface area contributed by atoms with Crippen molar-refractivity contribution in [3.05, 3.63) is 58.9 Å². The van der Waals surface area contributed by atoms with E-state index < -0.39 is 11.7 Å². The summed E-state index contributed by atoms with van der Waals surface area (Å²) in [6.07, 6.45) is -1.28. The molecule has 0 fully saturated rings. The third kappa shape index (κ3) is 3.38. The maximum Gasteiger partial charge on any atom is 0.418 e. The molecule has 1 aromatic carbocycles. The summed E-state index contributed by atoms with van der Waals surface area (Å²) < 4.78 is 38.5. The normalized spacial score (nSPS) is 11.4. The predicted octanol–water partition coefficient (Wildman–Crippen LogP) is 4.37. The third-order valence-electron chi connectivity index (χ3n) is 2.54. The van der Waals surface area contributed by atoms with E-state index in [2.05, 4.69) is 10.3 Å². The first-order valence-electron chi connectivity index (χ1n) is 5.47. The maximum absolute atomic E-state index is 12.8. The van der Waals surface area contributed by atoms with Gasteiger partial charge in [-0.15, -0.1) is 0 Å². The fraction of sp³-hybridized carbons (Fsp3) is 0.154. The second kappa shape index (κ2) is 5.48. The second-order valence-corrected chi connectivity index (χ2v) is 4.28. The monoisotopic (exact) mass is 286 g/mol. The second-order valence-electron chi connectivity index (χ2n) is 3.87. The average molecular weight is 287 g/mol. The molecule has 0 bridgehead atoms. The Labute approximate surface area is 113 Å². The van der Waals surface area contributed by atoms with Crippen molar-refractivity contribution in [3.8, 4) is 0 Å². The van der Waals surface area contributed by atoms with Crippen LogP contribution in [-0.2, 0) is 12.7 Å². The molecule has 0 spiro atoms. The minimum Gasteiger partial charge on any atom is -0.379 e. The van der Waals surface area contributed by atoms with Gasteiger partial charge in [-0.3, -0.25) is 4.98 Å². The van der Waals surface area contributed by atoms with Gasteiger partial charge in [0.25, 0.3) is 0 Å². The lowest BCUT2D eigenvalue weighted by Gasteiger charge is -2.15. The summed E-state index contributed by atoms with van der Waals surface area (Å²) >= 11 is 5.83. The smallest absolute Gasteiger partial charge is 0.379 e. The standard InChI is InChI=1S/C13H10ClF3N2/c14-11-3-1-2-10(13(15,16)17)12(11)19-8-9-4-6-18-7-5-9/h1-7,19H,8H2. The number of nitrogens with one attached hydrogen (secondary N) is 1. The molecule has 2 nitrogen and oxygen atoms in total. The Morgan fingerprint density at radius 3 is 2.42 bits per heavy atom. The van der Waals surface area contributed by atoms with E-state index in [4.69, 9.17) is 11.6 Å². The zero-order chi connectivity index (χ0) is 13.9. The van der Waals surface area contributed by atoms with Gasteiger partial charge in [-0.1, -0.05) is 17.7 Å². The Morgan fingerprint density at radius 1 is 1.11 bits per heavy atom. The minimum absolute atomic E-state index is 0.0453. The molecule has 0 radical (unpaired) electrons. The summed E-state index contributed by atoms with van der Waals surface area (Å²) in [6.45, 7) is 0.245. The van der Waals surface area contributed by atoms with Crippen LogP contribution in [0, 0.1) is 0 Å². The third-order valence-corrected chi connectivity index (χ3v) is 2.85. The van der Waals surface area contributed by atoms with Gasteiger partial charge in [0.2, 0.25) is 0 Å². The Morgan fingerprint density at radius 2 is 1.79 bits per heavy atom. The quantitative estimate of drug-likeness (QED) is 0.906. The fourth-order valence-corrected chi connectivity index (χ4v) is 1.87. The lowest BCUT2D eigenvalue weighted by Crippen LogP contribution is -2.11. The van der Waals surface area contributed by atoms with Crippen molar-refractivity contribution in [2.24, 2.45) is 0 Å². The highest BCUT2D eigenvalue weighted by Gasteiger charge is 2.34. The highest BCUT2D eigenvalue weighted by atomic mass is 35.5. The summed E-state index contributed by atoms with van der Waals surface area (Å²) in [5.41, 5.74) is -0.0504. The molecule has 0 atom stereocenters. The molecule has 100 valence electrons. The van der Waals surface area contributed by atoms with Crippen molar-refractivity contribution < 1.29 is 13.2 Å². The number of para-hydroxylation sites is 1. The van der Waals surface area contributed by atoms with Gasteiger partial charge in [0.1, 0.15) is 0 Å². The Kier molecular flexibility index (Phi) is 3.95. The number of rotatable bonds is 3. The van der Waals surface area contributed by atoms with Crippen LogP contribution in [-0.4, -0.2) is 4.98 Å². The van der Waals surface area contributed by atoms with Gasteiger partial charge in [0.15, 0.2) is 0 Å². The molecular formula is C13H10ClF3N2. The first-order valence-corrected chi connectivity index (χ1v) is 5.85. The van der Waals surface area contributed by atoms with Gasteiger partial charge in [-0.25, -0.2) is 0 Å². The summed E-state index contributed by atoms with van der Waals surface area (Å²) in [6, 6.07) is 7.14. The SMILES string of the molecule is FC(F)(F)c1cccc(Cl)c1NCc1ccncc1. The lowest BCUT2D eigenvalue weighted by atomic mass is 10.1. The molecule has 0 aliphatic carbocycles. The Bertz CT molecular complexity index is 556. The molecule has 0 unspecified atom stereocenters. The number of nitrogens with zero attached hydrogens (tertiary/aromatic N) is 1. The van der Waals surface area contributed by atoms with Gasteiger partial charge < -0.3 is 5.32 Å². The van der Waals surface area contributed by atoms with Crippen LogP contribution < -0.4 is 5.32 Å². The average Bonchev–Trinajstić information content (AvgIpc) is 2.37. The van der Waals surface area contributed by atoms with E-state index >= 15 is 0 Å². The zero-order valence-corrected chi connectivity index (χ0v) is 10.5. The maximum atomic E-state index is 12.8. The van der Waals surface area contributed by atoms with Crippen molar-refractivity contribution in [1.29, 1.82) is 0 Å². The van der Waals surface area contributed by atoms with Crippen LogP contribution in [0.15, 0.2) is 42.7 Å². The number of halogens is 4. The van der Waals surface area contributed by atoms with Crippen molar-refractivity contribution in [2.45, 2.75) is 12.7 Å². The lowest BCUT2D eigenvalue weighted by molar-refractivity contribution is -0.136. The summed E-state index contributed by atoms with van der Waals surface area (Å²) in [7, 11) is 0. The zero-order valence-electron chi connectivity index (χ0n) is 9.71. The van der Waals surface area contributed by atoms with Gasteiger partial charge in [0.05, 0.1) is 16.3 Å². The highest BCUT2D eigenvalue weighted by Crippen LogP contribution is 2.38. The fourth-order valence-electron chi connectivity index (χ4n) is 1.63. The molecule has 0 aliphatic heterocycles. The molecular weight excluding hydrogens is 277 g/mol. The first kappa shape index (κ1) is 13.7. The van der Waals surface area contributed by atoms with Crippen LogP contribution >= 0.6 is 11.6 Å². The molecule has 1 aromatic heterocycles. The van der Waals surface area contributed by atoms with Gasteiger partial charge in [-0.05, 0) is 29.8 Å². The van der Waals surface area contributed by atoms with E-state index in [1.54, 1.807) is 24.5 Å². The van der Waals surface area contributed by atoms with E-state index in [1.807, 2.05) is 0 Å². The molecule has 0 saturated carbocycles. The van der Waals surface area contributed by atoms with Crippen LogP contribution in [0.25, 0.3) is 0 Å². The van der Waals surface area contributed by atoms with Crippen LogP contribution in [0.4, 0.5) is 18.9 Å². The van der Waals surface area contributed by atoms with Crippen LogP contribution in [0.2, 0.25) is 5.02 Å². The van der Waals surface area contributed by atoms with Gasteiger partial charge in [-0.2, -0.15) is 13.2 Å². The largest absolute Gasteiger partial charge is 0.418 e. The van der Waals surface area contributed by atoms with E-state index in [1.165, 1.54) is 12.1 Å². The topological polar surface area (TPSA) is 24.9 Å². The molecule has 1 N–H and O–H groups in total. The molecule has 6 heteroatoms. The van der Waals surface area contributed by atoms with Crippen molar-refractivity contribution in [2.75, 3.05) is 5.32 Å². The molecule has 0 aliphatic rings. The molecule has 19 heavy (non-hydrogen) atoms. The number of benzene rings is 1. The van der Waals surface area contributed by atoms with Gasteiger partial charge >= 0.3 is 6.18 Å². The molecule has 0 saturated heterocycles. The molecule has 2 rings (SSSR count). The number of anilines is 1. The first-order chi connectivity index (χ1) is 8.98. The summed E-state index contributed by atoms with van der Waals surface area (Å²) in [5.74, 6) is 0. The van der Waals surface area contributed by atoms with Crippen LogP contribution in [0.5, 0.6) is 0 Å². The summed E-state index contributed by atoms with van der Waals surface area (Å²) in [5, 5.41) is 2.77. The van der Waals surface area contributed by atoms with Gasteiger partial charge in [0, 0.05) is 18.9 Å². The number of hydrogen-bond donors (Lipinski definition) is 1. The number of pyridine rings is 1. The number of hydrogen-bond acceptors (Lipinski definition) is 2. The van der Waals surface area contributed by atoms with Crippen molar-refractivity contribution in [3.63, 3.8) is 0 Å². The minimum atomic E-state index is -4.44. The van der Waals surface area contributed by atoms with Crippen molar-refractivity contribution >= 4 is 17.3 Å². The van der Waals surface area contributed by atoms with E-state index in [0.29, 0.717) is 0 Å². The predicted molar refractivity (Wildman–Crippen MR) is 68.0 cm³/mol. The van der Waals surface area contributed by atoms with E-state index in [0.717, 1.165) is 11.6 Å². The number of aromatic nitrogens is 1. The Hall–Kier alpha value is -1.75. The highest BCUT2D eigenvalue weighted by molar-refractivity contribution is 6.33.